The molecule has 0 atom stereocenters. The SMILES string of the molecule is NC(CC1CC1)(C1CC1)C1CC1. The van der Waals surface area contributed by atoms with Crippen LogP contribution in [0.15, 0.2) is 0 Å². The van der Waals surface area contributed by atoms with E-state index < -0.39 is 0 Å². The smallest absolute Gasteiger partial charge is 0.0214 e. The zero-order valence-electron chi connectivity index (χ0n) is 7.76. The van der Waals surface area contributed by atoms with Crippen molar-refractivity contribution in [1.29, 1.82) is 0 Å². The van der Waals surface area contributed by atoms with Gasteiger partial charge >= 0.3 is 0 Å². The molecule has 0 bridgehead atoms. The second-order valence-corrected chi connectivity index (χ2v) is 5.31. The zero-order valence-corrected chi connectivity index (χ0v) is 7.76. The van der Waals surface area contributed by atoms with Crippen molar-refractivity contribution in [3.05, 3.63) is 0 Å². The molecule has 12 heavy (non-hydrogen) atoms. The molecule has 68 valence electrons. The van der Waals surface area contributed by atoms with E-state index in [2.05, 4.69) is 0 Å². The van der Waals surface area contributed by atoms with Gasteiger partial charge in [-0.3, -0.25) is 0 Å². The Morgan fingerprint density at radius 1 is 0.917 bits per heavy atom. The lowest BCUT2D eigenvalue weighted by molar-refractivity contribution is 0.283. The standard InChI is InChI=1S/C11H19N/c12-11(9-3-4-9,10-5-6-10)7-8-1-2-8/h8-10H,1-7,12H2. The minimum atomic E-state index is 0.307. The van der Waals surface area contributed by atoms with Crippen molar-refractivity contribution in [2.75, 3.05) is 0 Å². The molecule has 0 aromatic rings. The van der Waals surface area contributed by atoms with Gasteiger partial charge in [0.25, 0.3) is 0 Å². The number of hydrogen-bond donors (Lipinski definition) is 1. The molecule has 0 aromatic carbocycles. The molecule has 0 heterocycles. The van der Waals surface area contributed by atoms with Crippen LogP contribution in [0.25, 0.3) is 0 Å². The van der Waals surface area contributed by atoms with Crippen LogP contribution in [0.1, 0.15) is 44.9 Å². The molecule has 2 N–H and O–H groups in total. The van der Waals surface area contributed by atoms with E-state index in [1.165, 1.54) is 44.9 Å². The Morgan fingerprint density at radius 2 is 1.42 bits per heavy atom. The first-order valence-electron chi connectivity index (χ1n) is 5.58. The van der Waals surface area contributed by atoms with Crippen LogP contribution in [-0.2, 0) is 0 Å². The van der Waals surface area contributed by atoms with Crippen molar-refractivity contribution >= 4 is 0 Å². The van der Waals surface area contributed by atoms with Gasteiger partial charge in [0.15, 0.2) is 0 Å². The van der Waals surface area contributed by atoms with Crippen molar-refractivity contribution in [2.45, 2.75) is 50.5 Å². The van der Waals surface area contributed by atoms with Crippen molar-refractivity contribution in [1.82, 2.24) is 0 Å². The highest BCUT2D eigenvalue weighted by Gasteiger charge is 2.53. The lowest BCUT2D eigenvalue weighted by Gasteiger charge is -2.30. The van der Waals surface area contributed by atoms with Crippen LogP contribution >= 0.6 is 0 Å². The molecule has 0 spiro atoms. The van der Waals surface area contributed by atoms with Crippen molar-refractivity contribution in [2.24, 2.45) is 23.5 Å². The normalized spacial score (nSPS) is 30.8. The van der Waals surface area contributed by atoms with Gasteiger partial charge in [-0.1, -0.05) is 12.8 Å². The average Bonchev–Trinajstić information content (AvgIpc) is 2.80. The van der Waals surface area contributed by atoms with E-state index in [9.17, 15) is 0 Å². The maximum absolute atomic E-state index is 6.55. The second kappa shape index (κ2) is 2.25. The molecular weight excluding hydrogens is 146 g/mol. The molecule has 0 aromatic heterocycles. The van der Waals surface area contributed by atoms with E-state index in [0.717, 1.165) is 17.8 Å². The minimum absolute atomic E-state index is 0.307. The van der Waals surface area contributed by atoms with Crippen molar-refractivity contribution < 1.29 is 0 Å². The third-order valence-electron chi connectivity index (χ3n) is 4.01. The Hall–Kier alpha value is -0.0400. The summed E-state index contributed by atoms with van der Waals surface area (Å²) in [6.07, 6.45) is 10.0. The third-order valence-corrected chi connectivity index (χ3v) is 4.01. The molecule has 1 nitrogen and oxygen atoms in total. The Morgan fingerprint density at radius 3 is 1.75 bits per heavy atom. The monoisotopic (exact) mass is 165 g/mol. The van der Waals surface area contributed by atoms with E-state index in [4.69, 9.17) is 5.73 Å². The number of hydrogen-bond acceptors (Lipinski definition) is 1. The first-order valence-corrected chi connectivity index (χ1v) is 5.58. The Kier molecular flexibility index (Phi) is 1.39. The average molecular weight is 165 g/mol. The number of nitrogens with two attached hydrogens (primary N) is 1. The minimum Gasteiger partial charge on any atom is -0.325 e. The predicted octanol–water partition coefficient (Wildman–Crippen LogP) is 2.30. The molecule has 0 saturated heterocycles. The zero-order chi connectivity index (χ0) is 8.18. The van der Waals surface area contributed by atoms with Crippen LogP contribution in [0.2, 0.25) is 0 Å². The van der Waals surface area contributed by atoms with Gasteiger partial charge in [-0.2, -0.15) is 0 Å². The third kappa shape index (κ3) is 1.19. The van der Waals surface area contributed by atoms with Crippen molar-refractivity contribution in [3.63, 3.8) is 0 Å². The molecular formula is C11H19N. The van der Waals surface area contributed by atoms with Crippen LogP contribution in [0.5, 0.6) is 0 Å². The topological polar surface area (TPSA) is 26.0 Å². The number of rotatable bonds is 4. The van der Waals surface area contributed by atoms with Gasteiger partial charge in [-0.25, -0.2) is 0 Å². The molecule has 3 rings (SSSR count). The quantitative estimate of drug-likeness (QED) is 0.679. The van der Waals surface area contributed by atoms with Crippen LogP contribution < -0.4 is 5.73 Å². The molecule has 0 radical (unpaired) electrons. The van der Waals surface area contributed by atoms with Gasteiger partial charge in [-0.15, -0.1) is 0 Å². The summed E-state index contributed by atoms with van der Waals surface area (Å²) < 4.78 is 0. The van der Waals surface area contributed by atoms with E-state index in [1.54, 1.807) is 0 Å². The lowest BCUT2D eigenvalue weighted by atomic mass is 9.83. The van der Waals surface area contributed by atoms with Crippen LogP contribution in [0.4, 0.5) is 0 Å². The maximum atomic E-state index is 6.55. The first kappa shape index (κ1) is 7.37. The highest BCUT2D eigenvalue weighted by Crippen LogP contribution is 2.55. The predicted molar refractivity (Wildman–Crippen MR) is 49.7 cm³/mol. The van der Waals surface area contributed by atoms with Crippen LogP contribution in [0.3, 0.4) is 0 Å². The first-order chi connectivity index (χ1) is 5.79. The van der Waals surface area contributed by atoms with E-state index in [1.807, 2.05) is 0 Å². The molecule has 0 amide bonds. The fraction of sp³-hybridized carbons (Fsp3) is 1.00. The van der Waals surface area contributed by atoms with Gasteiger partial charge in [0.2, 0.25) is 0 Å². The summed E-state index contributed by atoms with van der Waals surface area (Å²) in [5.41, 5.74) is 6.86. The molecule has 3 fully saturated rings. The van der Waals surface area contributed by atoms with E-state index in [-0.39, 0.29) is 0 Å². The summed E-state index contributed by atoms with van der Waals surface area (Å²) in [5, 5.41) is 0. The van der Waals surface area contributed by atoms with Gasteiger partial charge in [0, 0.05) is 5.54 Å². The van der Waals surface area contributed by atoms with Crippen molar-refractivity contribution in [3.8, 4) is 0 Å². The van der Waals surface area contributed by atoms with Gasteiger partial charge in [0.05, 0.1) is 0 Å². The molecule has 3 aliphatic rings. The molecule has 3 aliphatic carbocycles. The molecule has 3 saturated carbocycles. The largest absolute Gasteiger partial charge is 0.325 e. The van der Waals surface area contributed by atoms with Gasteiger partial charge in [-0.05, 0) is 49.9 Å². The van der Waals surface area contributed by atoms with Crippen LogP contribution in [0, 0.1) is 17.8 Å². The van der Waals surface area contributed by atoms with Gasteiger partial charge in [0.1, 0.15) is 0 Å². The maximum Gasteiger partial charge on any atom is 0.0214 e. The molecule has 0 aliphatic heterocycles. The highest BCUT2D eigenvalue weighted by molar-refractivity contribution is 5.09. The van der Waals surface area contributed by atoms with E-state index >= 15 is 0 Å². The fourth-order valence-corrected chi connectivity index (χ4v) is 2.73. The molecule has 0 unspecified atom stereocenters. The summed E-state index contributed by atoms with van der Waals surface area (Å²) in [6.45, 7) is 0. The van der Waals surface area contributed by atoms with Crippen LogP contribution in [-0.4, -0.2) is 5.54 Å². The molecule has 1 heteroatoms. The fourth-order valence-electron chi connectivity index (χ4n) is 2.73. The summed E-state index contributed by atoms with van der Waals surface area (Å²) in [7, 11) is 0. The summed E-state index contributed by atoms with van der Waals surface area (Å²) >= 11 is 0. The van der Waals surface area contributed by atoms with E-state index in [0.29, 0.717) is 5.54 Å². The Labute approximate surface area is 74.7 Å². The summed E-state index contributed by atoms with van der Waals surface area (Å²) in [4.78, 5) is 0. The van der Waals surface area contributed by atoms with Gasteiger partial charge < -0.3 is 5.73 Å². The lowest BCUT2D eigenvalue weighted by Crippen LogP contribution is -2.45. The highest BCUT2D eigenvalue weighted by atomic mass is 14.8. The Balaban J connectivity index is 1.70. The summed E-state index contributed by atoms with van der Waals surface area (Å²) in [6, 6.07) is 0. The summed E-state index contributed by atoms with van der Waals surface area (Å²) in [5.74, 6) is 2.87. The Bertz CT molecular complexity index is 175. The second-order valence-electron chi connectivity index (χ2n) is 5.31.